The molecule has 0 radical (unpaired) electrons. The van der Waals surface area contributed by atoms with Crippen LogP contribution in [0.25, 0.3) is 0 Å². The number of rotatable bonds is 10. The van der Waals surface area contributed by atoms with E-state index in [1.54, 1.807) is 21.6 Å². The number of imidazole rings is 1. The van der Waals surface area contributed by atoms with E-state index in [4.69, 9.17) is 21.3 Å². The van der Waals surface area contributed by atoms with Crippen LogP contribution in [-0.2, 0) is 13.1 Å². The Labute approximate surface area is 216 Å². The van der Waals surface area contributed by atoms with Gasteiger partial charge >= 0.3 is 6.01 Å². The molecule has 1 unspecified atom stereocenters. The lowest BCUT2D eigenvalue weighted by Crippen LogP contribution is -2.56. The first-order chi connectivity index (χ1) is 17.3. The molecule has 0 bridgehead atoms. The predicted octanol–water partition coefficient (Wildman–Crippen LogP) is 3.38. The van der Waals surface area contributed by atoms with E-state index in [9.17, 15) is 15.0 Å². The molecule has 36 heavy (non-hydrogen) atoms. The van der Waals surface area contributed by atoms with Crippen molar-refractivity contribution in [2.24, 2.45) is 0 Å². The zero-order valence-electron chi connectivity index (χ0n) is 20.8. The first-order valence-corrected chi connectivity index (χ1v) is 12.3. The van der Waals surface area contributed by atoms with Gasteiger partial charge in [0.25, 0.3) is 5.91 Å². The van der Waals surface area contributed by atoms with Gasteiger partial charge in [0.05, 0.1) is 6.54 Å². The van der Waals surface area contributed by atoms with Gasteiger partial charge in [-0.1, -0.05) is 35.9 Å². The van der Waals surface area contributed by atoms with Crippen molar-refractivity contribution in [1.82, 2.24) is 19.4 Å². The predicted molar refractivity (Wildman–Crippen MR) is 138 cm³/mol. The number of aromatic nitrogens is 2. The van der Waals surface area contributed by atoms with E-state index in [-0.39, 0.29) is 25.1 Å². The fourth-order valence-electron chi connectivity index (χ4n) is 4.30. The highest BCUT2D eigenvalue weighted by Gasteiger charge is 2.41. The van der Waals surface area contributed by atoms with Crippen LogP contribution in [0.3, 0.4) is 0 Å². The van der Waals surface area contributed by atoms with Crippen molar-refractivity contribution in [3.8, 4) is 11.8 Å². The third kappa shape index (κ3) is 5.49. The third-order valence-electron chi connectivity index (χ3n) is 5.97. The number of ether oxygens (including phenoxy) is 1. The van der Waals surface area contributed by atoms with E-state index >= 15 is 0 Å². The summed E-state index contributed by atoms with van der Waals surface area (Å²) < 4.78 is 8.00. The van der Waals surface area contributed by atoms with Crippen molar-refractivity contribution in [1.29, 1.82) is 0 Å². The summed E-state index contributed by atoms with van der Waals surface area (Å²) in [5.74, 6) is 0.596. The molecule has 2 heterocycles. The van der Waals surface area contributed by atoms with Crippen LogP contribution in [0.2, 0.25) is 5.02 Å². The smallest absolute Gasteiger partial charge is 0.304 e. The topological polar surface area (TPSA) is 94.3 Å². The fourth-order valence-corrected chi connectivity index (χ4v) is 4.42. The summed E-state index contributed by atoms with van der Waals surface area (Å²) in [4.78, 5) is 23.4. The molecule has 2 N–H and O–H groups in total. The Balaban J connectivity index is 1.79. The van der Waals surface area contributed by atoms with Crippen LogP contribution in [0.1, 0.15) is 35.0 Å². The molecule has 2 aromatic carbocycles. The number of aliphatic hydroxyl groups is 2. The first-order valence-electron chi connectivity index (χ1n) is 12.0. The normalized spacial score (nSPS) is 15.5. The molecular formula is C26H32ClN5O4. The maximum absolute atomic E-state index is 13.6. The number of carbonyl (C=O) groups excluding carboxylic acids is 1. The van der Waals surface area contributed by atoms with Crippen LogP contribution in [0, 0.1) is 0 Å². The average molecular weight is 514 g/mol. The number of anilines is 1. The Morgan fingerprint density at radius 2 is 1.86 bits per heavy atom. The fraction of sp³-hybridized carbons (Fsp3) is 0.385. The molecule has 1 atom stereocenters. The van der Waals surface area contributed by atoms with E-state index in [0.29, 0.717) is 41.8 Å². The van der Waals surface area contributed by atoms with Gasteiger partial charge in [0.2, 0.25) is 6.35 Å². The second-order valence-electron chi connectivity index (χ2n) is 8.97. The van der Waals surface area contributed by atoms with Crippen LogP contribution < -0.4 is 9.64 Å². The summed E-state index contributed by atoms with van der Waals surface area (Å²) in [6.07, 6.45) is -0.833. The number of hydrogen-bond donors (Lipinski definition) is 2. The summed E-state index contributed by atoms with van der Waals surface area (Å²) in [6.45, 7) is 3.50. The van der Waals surface area contributed by atoms with Crippen LogP contribution >= 0.6 is 11.6 Å². The van der Waals surface area contributed by atoms with Gasteiger partial charge in [-0.05, 0) is 62.8 Å². The lowest BCUT2D eigenvalue weighted by Gasteiger charge is -2.40. The van der Waals surface area contributed by atoms with Gasteiger partial charge in [-0.15, -0.1) is 0 Å². The number of amides is 1. The van der Waals surface area contributed by atoms with Gasteiger partial charge in [-0.2, -0.15) is 4.98 Å². The van der Waals surface area contributed by atoms with E-state index in [2.05, 4.69) is 4.90 Å². The highest BCUT2D eigenvalue weighted by atomic mass is 35.5. The van der Waals surface area contributed by atoms with Crippen molar-refractivity contribution in [3.05, 3.63) is 70.4 Å². The van der Waals surface area contributed by atoms with Crippen molar-refractivity contribution in [2.45, 2.75) is 32.8 Å². The molecule has 4 rings (SSSR count). The minimum absolute atomic E-state index is 0.0861. The summed E-state index contributed by atoms with van der Waals surface area (Å²) in [7, 11) is 4.00. The number of fused-ring (bicyclic) bond motifs is 1. The summed E-state index contributed by atoms with van der Waals surface area (Å²) in [6, 6.07) is 15.4. The molecule has 192 valence electrons. The Morgan fingerprint density at radius 3 is 2.53 bits per heavy atom. The van der Waals surface area contributed by atoms with Crippen molar-refractivity contribution in [2.75, 3.05) is 38.7 Å². The highest BCUT2D eigenvalue weighted by molar-refractivity contribution is 6.30. The molecule has 0 saturated heterocycles. The van der Waals surface area contributed by atoms with E-state index < -0.39 is 6.35 Å². The zero-order valence-corrected chi connectivity index (χ0v) is 21.5. The van der Waals surface area contributed by atoms with Crippen LogP contribution in [0.5, 0.6) is 11.8 Å². The molecule has 1 aliphatic rings. The number of hydrogen-bond acceptors (Lipinski definition) is 7. The van der Waals surface area contributed by atoms with Gasteiger partial charge in [-0.3, -0.25) is 14.3 Å². The Morgan fingerprint density at radius 1 is 1.11 bits per heavy atom. The van der Waals surface area contributed by atoms with Crippen LogP contribution in [0.15, 0.2) is 48.5 Å². The van der Waals surface area contributed by atoms with Crippen LogP contribution in [0.4, 0.5) is 5.82 Å². The molecule has 1 aromatic heterocycles. The quantitative estimate of drug-likeness (QED) is 0.429. The second kappa shape index (κ2) is 11.3. The number of aliphatic hydroxyl groups excluding tert-OH is 2. The van der Waals surface area contributed by atoms with Crippen molar-refractivity contribution >= 4 is 23.3 Å². The lowest BCUT2D eigenvalue weighted by molar-refractivity contribution is -0.00105. The van der Waals surface area contributed by atoms with E-state index in [1.165, 1.54) is 4.90 Å². The molecule has 9 nitrogen and oxygen atoms in total. The summed E-state index contributed by atoms with van der Waals surface area (Å²) in [5.41, 5.74) is 2.32. The van der Waals surface area contributed by atoms with E-state index in [1.807, 2.05) is 57.4 Å². The first kappa shape index (κ1) is 26.0. The average Bonchev–Trinajstić information content (AvgIpc) is 3.18. The third-order valence-corrected chi connectivity index (χ3v) is 6.22. The monoisotopic (exact) mass is 513 g/mol. The van der Waals surface area contributed by atoms with Gasteiger partial charge in [0, 0.05) is 31.3 Å². The maximum Gasteiger partial charge on any atom is 0.304 e. The minimum Gasteiger partial charge on any atom is -0.425 e. The van der Waals surface area contributed by atoms with Gasteiger partial charge in [-0.25, -0.2) is 0 Å². The lowest BCUT2D eigenvalue weighted by atomic mass is 10.2. The molecule has 1 amide bonds. The standard InChI is InChI=1S/C26H32ClN5O4/c1-4-30-23-22(24(34)31(26(30)35)13-6-14-33)32(17-18-9-11-20(27)12-10-18)25(28-23)36-21-8-5-7-19(15-21)16-29(2)3/h5,7-12,15,26,33,35H,4,6,13-14,16-17H2,1-3H3. The molecule has 0 aliphatic carbocycles. The van der Waals surface area contributed by atoms with Crippen molar-refractivity contribution < 1.29 is 19.7 Å². The molecule has 10 heteroatoms. The Hall–Kier alpha value is -3.11. The Bertz CT molecular complexity index is 1200. The van der Waals surface area contributed by atoms with E-state index in [0.717, 1.165) is 17.7 Å². The van der Waals surface area contributed by atoms with Crippen molar-refractivity contribution in [3.63, 3.8) is 0 Å². The SMILES string of the molecule is CCN1c2nc(Oc3cccc(CN(C)C)c3)n(Cc3ccc(Cl)cc3)c2C(=O)N(CCCO)C1O. The maximum atomic E-state index is 13.6. The molecule has 3 aromatic rings. The molecular weight excluding hydrogens is 482 g/mol. The number of carbonyl (C=O) groups is 1. The largest absolute Gasteiger partial charge is 0.425 e. The number of nitrogens with zero attached hydrogens (tertiary/aromatic N) is 5. The summed E-state index contributed by atoms with van der Waals surface area (Å²) in [5, 5.41) is 20.9. The number of benzene rings is 2. The van der Waals surface area contributed by atoms with Crippen LogP contribution in [-0.4, -0.2) is 75.6 Å². The molecule has 1 aliphatic heterocycles. The Kier molecular flexibility index (Phi) is 8.15. The second-order valence-corrected chi connectivity index (χ2v) is 9.41. The number of halogens is 1. The molecule has 0 fully saturated rings. The zero-order chi connectivity index (χ0) is 25.8. The molecule has 0 saturated carbocycles. The molecule has 0 spiro atoms. The van der Waals surface area contributed by atoms with Gasteiger partial charge in [0.15, 0.2) is 11.5 Å². The van der Waals surface area contributed by atoms with Gasteiger partial charge < -0.3 is 24.7 Å². The van der Waals surface area contributed by atoms with Gasteiger partial charge in [0.1, 0.15) is 5.75 Å². The minimum atomic E-state index is -1.18. The highest BCUT2D eigenvalue weighted by Crippen LogP contribution is 2.36. The summed E-state index contributed by atoms with van der Waals surface area (Å²) >= 11 is 6.08.